The maximum Gasteiger partial charge on any atom is 0.0232 e. The van der Waals surface area contributed by atoms with Gasteiger partial charge in [-0.05, 0) is 68.9 Å². The van der Waals surface area contributed by atoms with Crippen molar-refractivity contribution in [1.82, 2.24) is 10.2 Å². The fourth-order valence-electron chi connectivity index (χ4n) is 4.20. The van der Waals surface area contributed by atoms with Gasteiger partial charge in [0.1, 0.15) is 0 Å². The van der Waals surface area contributed by atoms with E-state index in [0.717, 1.165) is 17.9 Å². The Bertz CT molecular complexity index is 268. The zero-order valence-electron chi connectivity index (χ0n) is 14.3. The van der Waals surface area contributed by atoms with Crippen molar-refractivity contribution in [3.05, 3.63) is 0 Å². The molecule has 1 N–H and O–H groups in total. The van der Waals surface area contributed by atoms with Crippen LogP contribution in [0.25, 0.3) is 0 Å². The second kappa shape index (κ2) is 7.26. The Hall–Kier alpha value is -0.0800. The van der Waals surface area contributed by atoms with E-state index in [4.69, 9.17) is 0 Å². The summed E-state index contributed by atoms with van der Waals surface area (Å²) in [6, 6.07) is 0.815. The highest BCUT2D eigenvalue weighted by Gasteiger charge is 2.31. The summed E-state index contributed by atoms with van der Waals surface area (Å²) < 4.78 is 0. The van der Waals surface area contributed by atoms with Gasteiger partial charge in [0.05, 0.1) is 0 Å². The van der Waals surface area contributed by atoms with Crippen molar-refractivity contribution in [2.45, 2.75) is 72.3 Å². The molecule has 0 aromatic heterocycles. The standard InChI is InChI=1S/C18H36N2/c1-5-12-20(17-10-11-19-13-17)14-15-6-8-16(9-7-15)18(2,3)4/h15-17,19H,5-14H2,1-4H3. The van der Waals surface area contributed by atoms with Gasteiger partial charge in [0.25, 0.3) is 0 Å². The van der Waals surface area contributed by atoms with Gasteiger partial charge < -0.3 is 5.32 Å². The Kier molecular flexibility index (Phi) is 5.92. The van der Waals surface area contributed by atoms with E-state index in [1.165, 1.54) is 64.7 Å². The normalized spacial score (nSPS) is 31.9. The molecule has 1 atom stereocenters. The first-order valence-corrected chi connectivity index (χ1v) is 8.95. The molecule has 1 aliphatic carbocycles. The van der Waals surface area contributed by atoms with Gasteiger partial charge >= 0.3 is 0 Å². The van der Waals surface area contributed by atoms with Gasteiger partial charge in [-0.3, -0.25) is 4.90 Å². The zero-order valence-corrected chi connectivity index (χ0v) is 14.3. The molecule has 2 heteroatoms. The van der Waals surface area contributed by atoms with E-state index in [1.807, 2.05) is 0 Å². The first-order chi connectivity index (χ1) is 9.50. The Morgan fingerprint density at radius 3 is 2.25 bits per heavy atom. The fourth-order valence-corrected chi connectivity index (χ4v) is 4.20. The Morgan fingerprint density at radius 2 is 1.75 bits per heavy atom. The molecular formula is C18H36N2. The van der Waals surface area contributed by atoms with Crippen LogP contribution in [-0.2, 0) is 0 Å². The zero-order chi connectivity index (χ0) is 14.6. The minimum Gasteiger partial charge on any atom is -0.315 e. The second-order valence-electron chi connectivity index (χ2n) is 8.23. The van der Waals surface area contributed by atoms with E-state index in [0.29, 0.717) is 5.41 Å². The molecule has 1 unspecified atom stereocenters. The molecule has 2 nitrogen and oxygen atoms in total. The summed E-state index contributed by atoms with van der Waals surface area (Å²) >= 11 is 0. The Balaban J connectivity index is 1.80. The molecule has 2 rings (SSSR count). The van der Waals surface area contributed by atoms with Crippen LogP contribution >= 0.6 is 0 Å². The summed E-state index contributed by atoms with van der Waals surface area (Å²) in [7, 11) is 0. The number of rotatable bonds is 5. The van der Waals surface area contributed by atoms with Gasteiger partial charge in [-0.2, -0.15) is 0 Å². The van der Waals surface area contributed by atoms with Gasteiger partial charge in [0.2, 0.25) is 0 Å². The van der Waals surface area contributed by atoms with E-state index in [-0.39, 0.29) is 0 Å². The molecule has 0 bridgehead atoms. The van der Waals surface area contributed by atoms with Gasteiger partial charge in [-0.1, -0.05) is 27.7 Å². The molecule has 0 radical (unpaired) electrons. The summed E-state index contributed by atoms with van der Waals surface area (Å²) in [4.78, 5) is 2.79. The Labute approximate surface area is 126 Å². The molecule has 2 fully saturated rings. The lowest BCUT2D eigenvalue weighted by molar-refractivity contribution is 0.109. The minimum absolute atomic E-state index is 0.517. The van der Waals surface area contributed by atoms with Crippen LogP contribution < -0.4 is 5.32 Å². The fraction of sp³-hybridized carbons (Fsp3) is 1.00. The van der Waals surface area contributed by atoms with Crippen LogP contribution in [0.4, 0.5) is 0 Å². The lowest BCUT2D eigenvalue weighted by Crippen LogP contribution is -2.41. The largest absolute Gasteiger partial charge is 0.315 e. The van der Waals surface area contributed by atoms with Crippen LogP contribution in [0.5, 0.6) is 0 Å². The van der Waals surface area contributed by atoms with Crippen molar-refractivity contribution in [1.29, 1.82) is 0 Å². The average molecular weight is 280 g/mol. The molecule has 1 heterocycles. The monoisotopic (exact) mass is 280 g/mol. The predicted molar refractivity (Wildman–Crippen MR) is 88.0 cm³/mol. The van der Waals surface area contributed by atoms with Crippen molar-refractivity contribution in [2.75, 3.05) is 26.2 Å². The maximum absolute atomic E-state index is 3.53. The molecule has 1 aliphatic heterocycles. The van der Waals surface area contributed by atoms with Gasteiger partial charge in [0.15, 0.2) is 0 Å². The van der Waals surface area contributed by atoms with Crippen molar-refractivity contribution in [2.24, 2.45) is 17.3 Å². The smallest absolute Gasteiger partial charge is 0.0232 e. The summed E-state index contributed by atoms with van der Waals surface area (Å²) in [6.07, 6.45) is 8.49. The molecule has 1 saturated carbocycles. The van der Waals surface area contributed by atoms with Crippen LogP contribution in [0.2, 0.25) is 0 Å². The average Bonchev–Trinajstić information content (AvgIpc) is 2.91. The van der Waals surface area contributed by atoms with E-state index in [1.54, 1.807) is 0 Å². The molecule has 0 spiro atoms. The van der Waals surface area contributed by atoms with Gasteiger partial charge in [-0.25, -0.2) is 0 Å². The molecule has 2 aliphatic rings. The van der Waals surface area contributed by atoms with Gasteiger partial charge in [0, 0.05) is 19.1 Å². The highest BCUT2D eigenvalue weighted by atomic mass is 15.2. The first-order valence-electron chi connectivity index (χ1n) is 8.95. The number of hydrogen-bond acceptors (Lipinski definition) is 2. The quantitative estimate of drug-likeness (QED) is 0.821. The third-order valence-electron chi connectivity index (χ3n) is 5.63. The van der Waals surface area contributed by atoms with Crippen LogP contribution in [0.15, 0.2) is 0 Å². The number of hydrogen-bond donors (Lipinski definition) is 1. The molecule has 118 valence electrons. The summed E-state index contributed by atoms with van der Waals surface area (Å²) in [6.45, 7) is 14.7. The van der Waals surface area contributed by atoms with E-state index >= 15 is 0 Å². The molecule has 0 amide bonds. The van der Waals surface area contributed by atoms with Crippen LogP contribution in [0.3, 0.4) is 0 Å². The van der Waals surface area contributed by atoms with E-state index < -0.39 is 0 Å². The molecule has 1 saturated heterocycles. The minimum atomic E-state index is 0.517. The lowest BCUT2D eigenvalue weighted by atomic mass is 9.70. The van der Waals surface area contributed by atoms with Crippen molar-refractivity contribution in [3.63, 3.8) is 0 Å². The van der Waals surface area contributed by atoms with E-state index in [9.17, 15) is 0 Å². The Morgan fingerprint density at radius 1 is 1.05 bits per heavy atom. The summed E-state index contributed by atoms with van der Waals surface area (Å²) in [5.74, 6) is 1.91. The number of nitrogens with one attached hydrogen (secondary N) is 1. The summed E-state index contributed by atoms with van der Waals surface area (Å²) in [5, 5.41) is 3.53. The van der Waals surface area contributed by atoms with Crippen LogP contribution in [0.1, 0.15) is 66.2 Å². The topological polar surface area (TPSA) is 15.3 Å². The predicted octanol–water partition coefficient (Wildman–Crippen LogP) is 3.91. The third kappa shape index (κ3) is 4.46. The third-order valence-corrected chi connectivity index (χ3v) is 5.63. The summed E-state index contributed by atoms with van der Waals surface area (Å²) in [5.41, 5.74) is 0.517. The first kappa shape index (κ1) is 16.3. The second-order valence-corrected chi connectivity index (χ2v) is 8.23. The number of nitrogens with zero attached hydrogens (tertiary/aromatic N) is 1. The highest BCUT2D eigenvalue weighted by Crippen LogP contribution is 2.40. The maximum atomic E-state index is 3.53. The van der Waals surface area contributed by atoms with Crippen molar-refractivity contribution < 1.29 is 0 Å². The SMILES string of the molecule is CCCN(CC1CCC(C(C)(C)C)CC1)C1CCNC1. The molecule has 20 heavy (non-hydrogen) atoms. The molecule has 0 aromatic carbocycles. The lowest BCUT2D eigenvalue weighted by Gasteiger charge is -2.39. The van der Waals surface area contributed by atoms with Crippen molar-refractivity contribution in [3.8, 4) is 0 Å². The highest BCUT2D eigenvalue weighted by molar-refractivity contribution is 4.85. The van der Waals surface area contributed by atoms with Crippen molar-refractivity contribution >= 4 is 0 Å². The molecule has 0 aromatic rings. The molecular weight excluding hydrogens is 244 g/mol. The van der Waals surface area contributed by atoms with E-state index in [2.05, 4.69) is 37.9 Å². The van der Waals surface area contributed by atoms with Crippen LogP contribution in [0, 0.1) is 17.3 Å². The van der Waals surface area contributed by atoms with Crippen LogP contribution in [-0.4, -0.2) is 37.1 Å². The van der Waals surface area contributed by atoms with Gasteiger partial charge in [-0.15, -0.1) is 0 Å².